The number of ether oxygens (including phenoxy) is 2. The molecule has 0 bridgehead atoms. The lowest BCUT2D eigenvalue weighted by atomic mass is 9.92. The third-order valence-electron chi connectivity index (χ3n) is 3.16. The fourth-order valence-electron chi connectivity index (χ4n) is 2.09. The molecule has 0 radical (unpaired) electrons. The summed E-state index contributed by atoms with van der Waals surface area (Å²) in [6.45, 7) is 0. The summed E-state index contributed by atoms with van der Waals surface area (Å²) in [5.74, 6) is 1.14. The van der Waals surface area contributed by atoms with E-state index in [0.717, 1.165) is 11.1 Å². The average Bonchev–Trinajstić information content (AvgIpc) is 2.39. The highest BCUT2D eigenvalue weighted by atomic mass is 35.5. The predicted molar refractivity (Wildman–Crippen MR) is 81.6 cm³/mol. The fraction of sp³-hybridized carbons (Fsp3) is 0.286. The standard InChI is InChI=1S/C14H16Cl2N2O2/c1-19-8-3-4-11(15)9(5-8)10-6-13(20-2)14(17,18)7-12(10)16/h3-6H,7,17-18H2,1-2H3. The molecule has 4 nitrogen and oxygen atoms in total. The van der Waals surface area contributed by atoms with Crippen LogP contribution < -0.4 is 16.2 Å². The Hall–Kier alpha value is -1.20. The molecule has 4 N–H and O–H groups in total. The van der Waals surface area contributed by atoms with E-state index in [-0.39, 0.29) is 6.42 Å². The van der Waals surface area contributed by atoms with Crippen molar-refractivity contribution in [3.05, 3.63) is 45.7 Å². The van der Waals surface area contributed by atoms with Gasteiger partial charge in [0.2, 0.25) is 0 Å². The minimum Gasteiger partial charge on any atom is -0.498 e. The lowest BCUT2D eigenvalue weighted by molar-refractivity contribution is 0.221. The molecule has 0 amide bonds. The molecule has 0 unspecified atom stereocenters. The van der Waals surface area contributed by atoms with E-state index >= 15 is 0 Å². The normalized spacial score (nSPS) is 17.8. The summed E-state index contributed by atoms with van der Waals surface area (Å²) in [6, 6.07) is 5.34. The highest BCUT2D eigenvalue weighted by molar-refractivity contribution is 6.36. The maximum Gasteiger partial charge on any atom is 0.131 e. The molecule has 2 rings (SSSR count). The zero-order chi connectivity index (χ0) is 14.9. The van der Waals surface area contributed by atoms with Crippen molar-refractivity contribution in [2.24, 2.45) is 11.5 Å². The molecule has 0 saturated carbocycles. The Kier molecular flexibility index (Phi) is 4.30. The Morgan fingerprint density at radius 2 is 1.85 bits per heavy atom. The molecule has 20 heavy (non-hydrogen) atoms. The minimum absolute atomic E-state index is 0.275. The van der Waals surface area contributed by atoms with Crippen LogP contribution in [0.25, 0.3) is 5.57 Å². The summed E-state index contributed by atoms with van der Waals surface area (Å²) < 4.78 is 10.5. The van der Waals surface area contributed by atoms with Gasteiger partial charge >= 0.3 is 0 Å². The van der Waals surface area contributed by atoms with Gasteiger partial charge in [0.15, 0.2) is 0 Å². The van der Waals surface area contributed by atoms with Crippen LogP contribution in [0.15, 0.2) is 35.1 Å². The Labute approximate surface area is 127 Å². The van der Waals surface area contributed by atoms with Crippen molar-refractivity contribution in [2.45, 2.75) is 12.1 Å². The first-order valence-corrected chi connectivity index (χ1v) is 6.71. The molecular formula is C14H16Cl2N2O2. The number of allylic oxidation sites excluding steroid dienone is 2. The van der Waals surface area contributed by atoms with Crippen LogP contribution in [0.2, 0.25) is 5.02 Å². The highest BCUT2D eigenvalue weighted by Gasteiger charge is 2.32. The van der Waals surface area contributed by atoms with Crippen LogP contribution in [0.4, 0.5) is 0 Å². The molecule has 6 heteroatoms. The lowest BCUT2D eigenvalue weighted by Gasteiger charge is -2.31. The molecule has 0 heterocycles. The number of benzene rings is 1. The number of hydrogen-bond acceptors (Lipinski definition) is 4. The van der Waals surface area contributed by atoms with Crippen LogP contribution >= 0.6 is 23.2 Å². The number of hydrogen-bond donors (Lipinski definition) is 2. The van der Waals surface area contributed by atoms with Gasteiger partial charge in [-0.25, -0.2) is 0 Å². The number of nitrogens with two attached hydrogens (primary N) is 2. The largest absolute Gasteiger partial charge is 0.498 e. The van der Waals surface area contributed by atoms with Gasteiger partial charge in [0, 0.05) is 27.6 Å². The van der Waals surface area contributed by atoms with E-state index in [1.54, 1.807) is 25.3 Å². The van der Waals surface area contributed by atoms with Crippen molar-refractivity contribution in [3.8, 4) is 5.75 Å². The number of rotatable bonds is 3. The summed E-state index contributed by atoms with van der Waals surface area (Å²) in [4.78, 5) is 0. The molecule has 1 aromatic rings. The molecule has 1 aromatic carbocycles. The number of methoxy groups -OCH3 is 2. The van der Waals surface area contributed by atoms with Crippen LogP contribution in [0, 0.1) is 0 Å². The van der Waals surface area contributed by atoms with Gasteiger partial charge in [-0.3, -0.25) is 0 Å². The Bertz CT molecular complexity index is 595. The maximum absolute atomic E-state index is 6.31. The first-order valence-electron chi connectivity index (χ1n) is 5.95. The van der Waals surface area contributed by atoms with Crippen LogP contribution in [0.3, 0.4) is 0 Å². The summed E-state index contributed by atoms with van der Waals surface area (Å²) in [5, 5.41) is 1.10. The maximum atomic E-state index is 6.31. The molecule has 0 saturated heterocycles. The molecule has 108 valence electrons. The average molecular weight is 315 g/mol. The van der Waals surface area contributed by atoms with Gasteiger partial charge < -0.3 is 20.9 Å². The van der Waals surface area contributed by atoms with Crippen molar-refractivity contribution >= 4 is 28.8 Å². The van der Waals surface area contributed by atoms with Gasteiger partial charge in [-0.1, -0.05) is 23.2 Å². The Balaban J connectivity index is 2.55. The van der Waals surface area contributed by atoms with E-state index in [0.29, 0.717) is 21.6 Å². The smallest absolute Gasteiger partial charge is 0.131 e. The van der Waals surface area contributed by atoms with E-state index in [2.05, 4.69) is 0 Å². The molecule has 1 aliphatic carbocycles. The molecule has 0 spiro atoms. The van der Waals surface area contributed by atoms with Crippen LogP contribution in [-0.2, 0) is 4.74 Å². The van der Waals surface area contributed by atoms with Gasteiger partial charge in [-0.2, -0.15) is 0 Å². The van der Waals surface area contributed by atoms with Crippen LogP contribution in [0.5, 0.6) is 5.75 Å². The summed E-state index contributed by atoms with van der Waals surface area (Å²) in [7, 11) is 3.11. The molecule has 0 aliphatic heterocycles. The van der Waals surface area contributed by atoms with Crippen molar-refractivity contribution in [2.75, 3.05) is 14.2 Å². The quantitative estimate of drug-likeness (QED) is 0.842. The molecular weight excluding hydrogens is 299 g/mol. The molecule has 0 aromatic heterocycles. The van der Waals surface area contributed by atoms with Crippen molar-refractivity contribution in [3.63, 3.8) is 0 Å². The molecule has 0 atom stereocenters. The van der Waals surface area contributed by atoms with Crippen molar-refractivity contribution < 1.29 is 9.47 Å². The van der Waals surface area contributed by atoms with E-state index in [4.69, 9.17) is 44.1 Å². The second-order valence-corrected chi connectivity index (χ2v) is 5.46. The van der Waals surface area contributed by atoms with Gasteiger partial charge in [0.05, 0.1) is 14.2 Å². The third kappa shape index (κ3) is 2.79. The first-order chi connectivity index (χ1) is 9.39. The highest BCUT2D eigenvalue weighted by Crippen LogP contribution is 2.39. The van der Waals surface area contributed by atoms with E-state index in [9.17, 15) is 0 Å². The van der Waals surface area contributed by atoms with Gasteiger partial charge in [-0.15, -0.1) is 0 Å². The van der Waals surface area contributed by atoms with Crippen LogP contribution in [-0.4, -0.2) is 19.9 Å². The SMILES string of the molecule is COC1=CC(c2cc(OC)ccc2Cl)=C(Cl)CC1(N)N. The second-order valence-electron chi connectivity index (χ2n) is 4.59. The third-order valence-corrected chi connectivity index (χ3v) is 3.82. The minimum atomic E-state index is -1.11. The summed E-state index contributed by atoms with van der Waals surface area (Å²) in [6.07, 6.45) is 1.99. The summed E-state index contributed by atoms with van der Waals surface area (Å²) >= 11 is 12.5. The first kappa shape index (κ1) is 15.2. The lowest BCUT2D eigenvalue weighted by Crippen LogP contribution is -2.52. The second kappa shape index (κ2) is 5.66. The van der Waals surface area contributed by atoms with Gasteiger partial charge in [-0.05, 0) is 24.3 Å². The zero-order valence-electron chi connectivity index (χ0n) is 11.2. The molecule has 1 aliphatic rings. The van der Waals surface area contributed by atoms with E-state index < -0.39 is 5.66 Å². The summed E-state index contributed by atoms with van der Waals surface area (Å²) in [5.41, 5.74) is 12.3. The van der Waals surface area contributed by atoms with Crippen LogP contribution in [0.1, 0.15) is 12.0 Å². The van der Waals surface area contributed by atoms with Crippen molar-refractivity contribution in [1.29, 1.82) is 0 Å². The monoisotopic (exact) mass is 314 g/mol. The van der Waals surface area contributed by atoms with Crippen molar-refractivity contribution in [1.82, 2.24) is 0 Å². The van der Waals surface area contributed by atoms with E-state index in [1.807, 2.05) is 6.07 Å². The topological polar surface area (TPSA) is 70.5 Å². The number of halogens is 2. The predicted octanol–water partition coefficient (Wildman–Crippen LogP) is 2.85. The molecule has 0 fully saturated rings. The Morgan fingerprint density at radius 1 is 1.15 bits per heavy atom. The van der Waals surface area contributed by atoms with E-state index in [1.165, 1.54) is 7.11 Å². The Morgan fingerprint density at radius 3 is 2.45 bits per heavy atom. The van der Waals surface area contributed by atoms with Gasteiger partial charge in [0.25, 0.3) is 0 Å². The zero-order valence-corrected chi connectivity index (χ0v) is 12.8. The van der Waals surface area contributed by atoms with Gasteiger partial charge in [0.1, 0.15) is 17.2 Å². The fourth-order valence-corrected chi connectivity index (χ4v) is 2.69.